The molecule has 0 aliphatic rings. The van der Waals surface area contributed by atoms with E-state index in [0.29, 0.717) is 53.6 Å². The maximum absolute atomic E-state index is 14.1. The van der Waals surface area contributed by atoms with E-state index >= 15 is 0 Å². The van der Waals surface area contributed by atoms with Crippen molar-refractivity contribution in [3.8, 4) is 40.1 Å². The number of carbonyl (C=O) groups is 1. The lowest BCUT2D eigenvalue weighted by atomic mass is 10.00. The number of alkyl halides is 3. The summed E-state index contributed by atoms with van der Waals surface area (Å²) in [7, 11) is 0. The Balaban J connectivity index is 1.38. The first-order valence-electron chi connectivity index (χ1n) is 32.0. The number of hydrogen-bond acceptors (Lipinski definition) is 5. The fourth-order valence-corrected chi connectivity index (χ4v) is 11.6. The summed E-state index contributed by atoms with van der Waals surface area (Å²) in [5.41, 5.74) is 4.38. The van der Waals surface area contributed by atoms with Gasteiger partial charge in [0.05, 0.1) is 6.61 Å². The van der Waals surface area contributed by atoms with Crippen LogP contribution in [0, 0.1) is 5.92 Å². The molecule has 7 nitrogen and oxygen atoms in total. The third-order valence-electron chi connectivity index (χ3n) is 16.1. The number of carboxylic acid groups (broad SMARTS) is 1. The number of aliphatic carboxylic acids is 1. The Morgan fingerprint density at radius 2 is 0.925 bits per heavy atom. The summed E-state index contributed by atoms with van der Waals surface area (Å²) in [6.07, 6.45) is 33.6. The zero-order chi connectivity index (χ0) is 57.1. The van der Waals surface area contributed by atoms with Gasteiger partial charge in [-0.15, -0.1) is 0 Å². The summed E-state index contributed by atoms with van der Waals surface area (Å²) in [4.78, 5) is 12.0. The van der Waals surface area contributed by atoms with Gasteiger partial charge in [0.2, 0.25) is 0 Å². The smallest absolute Gasteiger partial charge is 0.423 e. The molecule has 0 saturated carbocycles. The molecule has 0 bridgehead atoms. The van der Waals surface area contributed by atoms with E-state index in [-0.39, 0.29) is 5.76 Å². The van der Waals surface area contributed by atoms with Crippen molar-refractivity contribution in [2.75, 3.05) is 6.61 Å². The van der Waals surface area contributed by atoms with Crippen LogP contribution in [-0.2, 0) is 30.6 Å². The van der Waals surface area contributed by atoms with Crippen molar-refractivity contribution in [2.45, 2.75) is 266 Å². The number of nitrogens with zero attached hydrogens (tertiary/aromatic N) is 1. The number of unbranched alkanes of at least 4 members (excludes halogenated alkanes) is 27. The van der Waals surface area contributed by atoms with Crippen molar-refractivity contribution in [1.29, 1.82) is 0 Å². The highest BCUT2D eigenvalue weighted by Crippen LogP contribution is 2.43. The van der Waals surface area contributed by atoms with E-state index in [1.165, 1.54) is 135 Å². The molecular formula is C70H100F3NO6. The molecule has 1 N–H and O–H groups in total. The quantitative estimate of drug-likeness (QED) is 0.0303. The third kappa shape index (κ3) is 19.8. The number of carboxylic acids is 1. The lowest BCUT2D eigenvalue weighted by Gasteiger charge is -2.09. The molecule has 80 heavy (non-hydrogen) atoms. The number of halogens is 3. The van der Waals surface area contributed by atoms with Gasteiger partial charge in [0.1, 0.15) is 22.8 Å². The minimum atomic E-state index is -5.07. The van der Waals surface area contributed by atoms with E-state index in [2.05, 4.69) is 88.6 Å². The summed E-state index contributed by atoms with van der Waals surface area (Å²) < 4.78 is 71.3. The van der Waals surface area contributed by atoms with Crippen LogP contribution in [0.3, 0.4) is 0 Å². The summed E-state index contributed by atoms with van der Waals surface area (Å²) in [5, 5.41) is 11.9. The predicted molar refractivity (Wildman–Crippen MR) is 327 cm³/mol. The third-order valence-corrected chi connectivity index (χ3v) is 16.1. The average molecular weight is 1110 g/mol. The fraction of sp³-hybridized carbons (Fsp3) is 0.614. The summed E-state index contributed by atoms with van der Waals surface area (Å²) >= 11 is 0. The molecule has 6 aromatic rings. The van der Waals surface area contributed by atoms with Crippen LogP contribution in [0.2, 0.25) is 0 Å². The molecule has 4 aromatic heterocycles. The highest BCUT2D eigenvalue weighted by atomic mass is 19.4. The number of aromatic nitrogens is 1. The van der Waals surface area contributed by atoms with Gasteiger partial charge in [-0.25, -0.2) is 4.79 Å². The van der Waals surface area contributed by atoms with Crippen molar-refractivity contribution in [2.24, 2.45) is 5.92 Å². The van der Waals surface area contributed by atoms with Crippen molar-refractivity contribution < 1.29 is 41.1 Å². The Labute approximate surface area is 478 Å². The second kappa shape index (κ2) is 34.4. The molecule has 2 aromatic carbocycles. The van der Waals surface area contributed by atoms with Crippen LogP contribution in [0.4, 0.5) is 13.2 Å². The van der Waals surface area contributed by atoms with E-state index < -0.39 is 17.7 Å². The van der Waals surface area contributed by atoms with Crippen LogP contribution in [0.1, 0.15) is 257 Å². The first kappa shape index (κ1) is 64.1. The summed E-state index contributed by atoms with van der Waals surface area (Å²) in [6.45, 7) is 14.7. The Kier molecular flexibility index (Phi) is 27.5. The second-order valence-corrected chi connectivity index (χ2v) is 23.5. The van der Waals surface area contributed by atoms with Crippen molar-refractivity contribution in [3.63, 3.8) is 0 Å². The topological polar surface area (TPSA) is 90.9 Å². The molecule has 10 heteroatoms. The molecule has 442 valence electrons. The number of fused-ring (bicyclic) bond motifs is 3. The summed E-state index contributed by atoms with van der Waals surface area (Å²) in [6, 6.07) is 18.8. The standard InChI is InChI=1S/C70H100F3NO6/c1-7-11-14-17-20-23-26-29-32-35-38-53-45-58(50-61(69(75)76)70(71,72)73)78-67(53)64-48-55(40-37-34-31-28-25-22-19-16-13-9-3)68(80-64)65-47-54(39-36-33-30-27-24-21-18-15-12-8-2)66(79-65)56-41-43-62-59(46-56)60-49-57(77-51-52(5)6)42-44-63(60)74(62)10-4/h41-50,52H,7-40,51H2,1-6H3,(H,75,76)/b61-50-. The second-order valence-electron chi connectivity index (χ2n) is 23.5. The molecule has 0 aliphatic heterocycles. The van der Waals surface area contributed by atoms with Gasteiger partial charge in [0.25, 0.3) is 0 Å². The maximum Gasteiger partial charge on any atom is 0.423 e. The minimum absolute atomic E-state index is 0.163. The SMILES string of the molecule is CCCCCCCCCCCCc1cc(-c2oc(-c3oc(/C=C(/C(=O)O)C(F)(F)F)cc3CCCCCCCCCCCC)cc2CCCCCCCCCCCC)oc1-c1ccc2c(c1)c1cc(OCC(C)C)ccc1n2CC. The van der Waals surface area contributed by atoms with Crippen LogP contribution in [0.15, 0.2) is 73.4 Å². The van der Waals surface area contributed by atoms with Gasteiger partial charge in [-0.3, -0.25) is 0 Å². The maximum atomic E-state index is 14.1. The Hall–Kier alpha value is -5.12. The molecule has 0 unspecified atom stereocenters. The number of rotatable bonds is 42. The molecule has 0 saturated heterocycles. The zero-order valence-corrected chi connectivity index (χ0v) is 50.2. The predicted octanol–water partition coefficient (Wildman–Crippen LogP) is 23.0. The number of benzene rings is 2. The molecular weight excluding hydrogens is 1010 g/mol. The Morgan fingerprint density at radius 1 is 0.525 bits per heavy atom. The first-order chi connectivity index (χ1) is 38.9. The zero-order valence-electron chi connectivity index (χ0n) is 50.2. The molecule has 0 atom stereocenters. The van der Waals surface area contributed by atoms with Crippen LogP contribution in [-0.4, -0.2) is 28.4 Å². The van der Waals surface area contributed by atoms with Gasteiger partial charge in [-0.1, -0.05) is 208 Å². The lowest BCUT2D eigenvalue weighted by Crippen LogP contribution is -2.19. The number of furan rings is 3. The molecule has 0 radical (unpaired) electrons. The molecule has 6 rings (SSSR count). The first-order valence-corrected chi connectivity index (χ1v) is 32.0. The molecule has 0 spiro atoms. The van der Waals surface area contributed by atoms with E-state index in [4.69, 9.17) is 18.0 Å². The fourth-order valence-electron chi connectivity index (χ4n) is 11.6. The van der Waals surface area contributed by atoms with Crippen LogP contribution in [0.5, 0.6) is 5.75 Å². The van der Waals surface area contributed by atoms with E-state index in [1.54, 1.807) is 6.07 Å². The van der Waals surface area contributed by atoms with Crippen molar-refractivity contribution >= 4 is 33.9 Å². The van der Waals surface area contributed by atoms with Gasteiger partial charge >= 0.3 is 12.1 Å². The Bertz CT molecular complexity index is 2760. The van der Waals surface area contributed by atoms with Crippen LogP contribution in [0.25, 0.3) is 62.2 Å². The number of hydrogen-bond donors (Lipinski definition) is 1. The Morgan fingerprint density at radius 3 is 1.36 bits per heavy atom. The number of ether oxygens (including phenoxy) is 1. The number of aryl methyl sites for hydroxylation is 4. The minimum Gasteiger partial charge on any atom is -0.493 e. The molecule has 0 amide bonds. The lowest BCUT2D eigenvalue weighted by molar-refractivity contribution is -0.144. The van der Waals surface area contributed by atoms with Crippen molar-refractivity contribution in [1.82, 2.24) is 4.57 Å². The largest absolute Gasteiger partial charge is 0.493 e. The van der Waals surface area contributed by atoms with E-state index in [1.807, 2.05) is 6.07 Å². The highest BCUT2D eigenvalue weighted by Gasteiger charge is 2.39. The van der Waals surface area contributed by atoms with Gasteiger partial charge in [-0.05, 0) is 112 Å². The normalized spacial score (nSPS) is 12.3. The average Bonchev–Trinajstić information content (AvgIpc) is 4.32. The highest BCUT2D eigenvalue weighted by molar-refractivity contribution is 6.09. The molecule has 0 aliphatic carbocycles. The summed E-state index contributed by atoms with van der Waals surface area (Å²) in [5.74, 6) is 1.81. The van der Waals surface area contributed by atoms with Gasteiger partial charge in [-0.2, -0.15) is 13.2 Å². The van der Waals surface area contributed by atoms with E-state index in [9.17, 15) is 23.1 Å². The molecule has 4 heterocycles. The van der Waals surface area contributed by atoms with Gasteiger partial charge in [0.15, 0.2) is 23.0 Å². The van der Waals surface area contributed by atoms with Crippen LogP contribution < -0.4 is 4.74 Å². The monoisotopic (exact) mass is 1110 g/mol. The van der Waals surface area contributed by atoms with E-state index in [0.717, 1.165) is 127 Å². The molecule has 0 fully saturated rings. The van der Waals surface area contributed by atoms with Gasteiger partial charge in [0, 0.05) is 51.1 Å². The van der Waals surface area contributed by atoms with Crippen molar-refractivity contribution in [3.05, 3.63) is 82.6 Å². The van der Waals surface area contributed by atoms with Gasteiger partial charge < -0.3 is 27.7 Å². The van der Waals surface area contributed by atoms with Crippen LogP contribution >= 0.6 is 0 Å².